The third-order valence-electron chi connectivity index (χ3n) is 4.11. The first-order chi connectivity index (χ1) is 11.5. The fraction of sp³-hybridized carbons (Fsp3) is 0.471. The van der Waals surface area contributed by atoms with E-state index in [1.54, 1.807) is 12.1 Å². The summed E-state index contributed by atoms with van der Waals surface area (Å²) in [6.45, 7) is 0.245. The molecule has 1 fully saturated rings. The van der Waals surface area contributed by atoms with Crippen LogP contribution in [0.2, 0.25) is 0 Å². The molecule has 1 aliphatic rings. The predicted molar refractivity (Wildman–Crippen MR) is 89.6 cm³/mol. The zero-order valence-corrected chi connectivity index (χ0v) is 13.5. The number of urea groups is 1. The van der Waals surface area contributed by atoms with Gasteiger partial charge in [-0.1, -0.05) is 18.2 Å². The number of carboxylic acids is 1. The summed E-state index contributed by atoms with van der Waals surface area (Å²) in [5, 5.41) is 17.2. The fourth-order valence-electron chi connectivity index (χ4n) is 2.76. The number of carboxylic acid groups (broad SMARTS) is 1. The molecule has 24 heavy (non-hydrogen) atoms. The van der Waals surface area contributed by atoms with Crippen molar-refractivity contribution < 1.29 is 19.5 Å². The van der Waals surface area contributed by atoms with Crippen molar-refractivity contribution in [1.29, 1.82) is 0 Å². The maximum atomic E-state index is 11.8. The van der Waals surface area contributed by atoms with Gasteiger partial charge in [-0.05, 0) is 37.8 Å². The number of benzene rings is 1. The Kier molecular flexibility index (Phi) is 6.60. The molecule has 0 aromatic heterocycles. The summed E-state index contributed by atoms with van der Waals surface area (Å²) in [5.41, 5.74) is 0.724. The van der Waals surface area contributed by atoms with E-state index >= 15 is 0 Å². The molecule has 0 aliphatic heterocycles. The van der Waals surface area contributed by atoms with Gasteiger partial charge >= 0.3 is 12.0 Å². The summed E-state index contributed by atoms with van der Waals surface area (Å²) in [5.74, 6) is -1.22. The lowest BCUT2D eigenvalue weighted by Crippen LogP contribution is -2.44. The molecule has 1 aromatic carbocycles. The average Bonchev–Trinajstić information content (AvgIpc) is 2.56. The van der Waals surface area contributed by atoms with Gasteiger partial charge in [0, 0.05) is 24.7 Å². The Hall–Kier alpha value is -2.57. The summed E-state index contributed by atoms with van der Waals surface area (Å²) in [6.07, 6.45) is 2.69. The van der Waals surface area contributed by atoms with Crippen LogP contribution < -0.4 is 16.0 Å². The summed E-state index contributed by atoms with van der Waals surface area (Å²) in [7, 11) is 0. The normalized spacial score (nSPS) is 20.0. The average molecular weight is 333 g/mol. The minimum Gasteiger partial charge on any atom is -0.481 e. The van der Waals surface area contributed by atoms with Gasteiger partial charge < -0.3 is 21.1 Å². The zero-order valence-electron chi connectivity index (χ0n) is 13.5. The number of aliphatic carboxylic acids is 1. The van der Waals surface area contributed by atoms with Gasteiger partial charge in [-0.3, -0.25) is 9.59 Å². The Bertz CT molecular complexity index is 568. The Labute approximate surface area is 140 Å². The van der Waals surface area contributed by atoms with E-state index in [9.17, 15) is 14.4 Å². The van der Waals surface area contributed by atoms with Gasteiger partial charge in [-0.15, -0.1) is 0 Å². The summed E-state index contributed by atoms with van der Waals surface area (Å²) in [6, 6.07) is 8.81. The van der Waals surface area contributed by atoms with E-state index in [1.165, 1.54) is 0 Å². The van der Waals surface area contributed by atoms with Gasteiger partial charge in [0.1, 0.15) is 0 Å². The minimum atomic E-state index is -0.762. The van der Waals surface area contributed by atoms with Crippen LogP contribution in [0.5, 0.6) is 0 Å². The van der Waals surface area contributed by atoms with Gasteiger partial charge in [0.05, 0.1) is 5.92 Å². The first-order valence-electron chi connectivity index (χ1n) is 8.16. The van der Waals surface area contributed by atoms with Crippen molar-refractivity contribution in [2.75, 3.05) is 11.9 Å². The van der Waals surface area contributed by atoms with Crippen LogP contribution in [0.15, 0.2) is 30.3 Å². The van der Waals surface area contributed by atoms with Crippen LogP contribution in [-0.2, 0) is 9.59 Å². The Morgan fingerprint density at radius 1 is 1.04 bits per heavy atom. The van der Waals surface area contributed by atoms with E-state index in [2.05, 4.69) is 16.0 Å². The number of anilines is 1. The third kappa shape index (κ3) is 5.91. The standard InChI is InChI=1S/C17H23N3O4/c21-15(19-13-4-2-1-3-5-13)10-11-18-17(24)20-14-8-6-12(7-9-14)16(22)23/h1-5,12,14H,6-11H2,(H,19,21)(H,22,23)(H2,18,20,24). The van der Waals surface area contributed by atoms with E-state index in [0.717, 1.165) is 5.69 Å². The minimum absolute atomic E-state index is 0.00116. The second-order valence-electron chi connectivity index (χ2n) is 5.95. The molecule has 1 aromatic rings. The zero-order chi connectivity index (χ0) is 17.4. The molecule has 0 radical (unpaired) electrons. The molecule has 130 valence electrons. The largest absolute Gasteiger partial charge is 0.481 e. The van der Waals surface area contributed by atoms with Gasteiger partial charge in [0.25, 0.3) is 0 Å². The van der Waals surface area contributed by atoms with Gasteiger partial charge in [0.2, 0.25) is 5.91 Å². The number of amides is 3. The maximum absolute atomic E-state index is 11.8. The molecule has 1 saturated carbocycles. The van der Waals surface area contributed by atoms with Crippen LogP contribution in [0.3, 0.4) is 0 Å². The quantitative estimate of drug-likeness (QED) is 0.638. The molecule has 0 bridgehead atoms. The van der Waals surface area contributed by atoms with Crippen LogP contribution in [0.4, 0.5) is 10.5 Å². The van der Waals surface area contributed by atoms with Crippen molar-refractivity contribution in [2.45, 2.75) is 38.1 Å². The molecule has 4 N–H and O–H groups in total. The van der Waals surface area contributed by atoms with Crippen molar-refractivity contribution in [3.63, 3.8) is 0 Å². The van der Waals surface area contributed by atoms with Gasteiger partial charge in [-0.25, -0.2) is 4.79 Å². The molecule has 2 rings (SSSR count). The lowest BCUT2D eigenvalue weighted by molar-refractivity contribution is -0.142. The van der Waals surface area contributed by atoms with E-state index < -0.39 is 5.97 Å². The van der Waals surface area contributed by atoms with E-state index in [0.29, 0.717) is 25.7 Å². The third-order valence-corrected chi connectivity index (χ3v) is 4.11. The summed E-state index contributed by atoms with van der Waals surface area (Å²) >= 11 is 0. The number of carbonyl (C=O) groups is 3. The van der Waals surface area contributed by atoms with Crippen molar-refractivity contribution in [1.82, 2.24) is 10.6 Å². The van der Waals surface area contributed by atoms with Crippen molar-refractivity contribution in [2.24, 2.45) is 5.92 Å². The molecule has 3 amide bonds. The molecule has 0 heterocycles. The molecule has 0 saturated heterocycles. The molecule has 0 atom stereocenters. The van der Waals surface area contributed by atoms with Crippen LogP contribution >= 0.6 is 0 Å². The van der Waals surface area contributed by atoms with Crippen LogP contribution in [-0.4, -0.2) is 35.6 Å². The number of hydrogen-bond acceptors (Lipinski definition) is 3. The second kappa shape index (κ2) is 8.90. The summed E-state index contributed by atoms with van der Waals surface area (Å²) in [4.78, 5) is 34.4. The number of nitrogens with one attached hydrogen (secondary N) is 3. The highest BCUT2D eigenvalue weighted by molar-refractivity contribution is 5.91. The topological polar surface area (TPSA) is 108 Å². The van der Waals surface area contributed by atoms with Gasteiger partial charge in [0.15, 0.2) is 0 Å². The van der Waals surface area contributed by atoms with Crippen molar-refractivity contribution >= 4 is 23.6 Å². The molecular formula is C17H23N3O4. The molecule has 7 nitrogen and oxygen atoms in total. The van der Waals surface area contributed by atoms with Crippen molar-refractivity contribution in [3.05, 3.63) is 30.3 Å². The van der Waals surface area contributed by atoms with Crippen LogP contribution in [0, 0.1) is 5.92 Å². The number of para-hydroxylation sites is 1. The molecule has 0 unspecified atom stereocenters. The smallest absolute Gasteiger partial charge is 0.315 e. The molecular weight excluding hydrogens is 310 g/mol. The van der Waals surface area contributed by atoms with Crippen LogP contribution in [0.25, 0.3) is 0 Å². The highest BCUT2D eigenvalue weighted by atomic mass is 16.4. The van der Waals surface area contributed by atoms with Gasteiger partial charge in [-0.2, -0.15) is 0 Å². The first-order valence-corrected chi connectivity index (χ1v) is 8.16. The summed E-state index contributed by atoms with van der Waals surface area (Å²) < 4.78 is 0. The fourth-order valence-corrected chi connectivity index (χ4v) is 2.76. The van der Waals surface area contributed by atoms with E-state index in [1.807, 2.05) is 18.2 Å². The number of rotatable bonds is 6. The molecule has 0 spiro atoms. The highest BCUT2D eigenvalue weighted by Gasteiger charge is 2.26. The van der Waals surface area contributed by atoms with E-state index in [-0.39, 0.29) is 36.9 Å². The Balaban J connectivity index is 1.60. The van der Waals surface area contributed by atoms with Crippen molar-refractivity contribution in [3.8, 4) is 0 Å². The molecule has 1 aliphatic carbocycles. The predicted octanol–water partition coefficient (Wildman–Crippen LogP) is 1.96. The monoisotopic (exact) mass is 333 g/mol. The maximum Gasteiger partial charge on any atom is 0.315 e. The highest BCUT2D eigenvalue weighted by Crippen LogP contribution is 2.24. The van der Waals surface area contributed by atoms with Crippen LogP contribution in [0.1, 0.15) is 32.1 Å². The number of carbonyl (C=O) groups excluding carboxylic acids is 2. The Morgan fingerprint density at radius 3 is 2.33 bits per heavy atom. The SMILES string of the molecule is O=C(CCNC(=O)NC1CCC(C(=O)O)CC1)Nc1ccccc1. The lowest BCUT2D eigenvalue weighted by atomic mass is 9.86. The molecule has 7 heteroatoms. The second-order valence-corrected chi connectivity index (χ2v) is 5.95. The Morgan fingerprint density at radius 2 is 1.71 bits per heavy atom. The van der Waals surface area contributed by atoms with E-state index in [4.69, 9.17) is 5.11 Å². The number of hydrogen-bond donors (Lipinski definition) is 4. The lowest BCUT2D eigenvalue weighted by Gasteiger charge is -2.26. The first kappa shape index (κ1) is 17.8.